The topological polar surface area (TPSA) is 50.2 Å². The summed E-state index contributed by atoms with van der Waals surface area (Å²) in [5.74, 6) is 0.779. The lowest BCUT2D eigenvalue weighted by atomic mass is 10.2. The molecule has 0 radical (unpaired) electrons. The Morgan fingerprint density at radius 3 is 2.68 bits per heavy atom. The lowest BCUT2D eigenvalue weighted by molar-refractivity contribution is -0.117. The van der Waals surface area contributed by atoms with Gasteiger partial charge < -0.3 is 5.32 Å². The smallest absolute Gasteiger partial charge is 0.239 e. The van der Waals surface area contributed by atoms with Crippen molar-refractivity contribution < 1.29 is 9.18 Å². The van der Waals surface area contributed by atoms with Gasteiger partial charge in [0, 0.05) is 18.5 Å². The molecule has 0 bridgehead atoms. The summed E-state index contributed by atoms with van der Waals surface area (Å²) in [4.78, 5) is 14.4. The Morgan fingerprint density at radius 1 is 1.18 bits per heavy atom. The number of nitrogens with zero attached hydrogens (tertiary/aromatic N) is 3. The minimum Gasteiger partial charge on any atom is -0.309 e. The van der Waals surface area contributed by atoms with Crippen LogP contribution in [0, 0.1) is 5.82 Å². The fourth-order valence-corrected chi connectivity index (χ4v) is 3.26. The molecule has 0 saturated heterocycles. The van der Waals surface area contributed by atoms with Gasteiger partial charge in [-0.1, -0.05) is 30.3 Å². The molecule has 144 valence electrons. The molecule has 0 aliphatic heterocycles. The predicted molar refractivity (Wildman–Crippen MR) is 107 cm³/mol. The van der Waals surface area contributed by atoms with Crippen LogP contribution in [-0.2, 0) is 11.3 Å². The second-order valence-corrected chi connectivity index (χ2v) is 7.33. The molecular formula is C22H23FN4O. The predicted octanol–water partition coefficient (Wildman–Crippen LogP) is 3.96. The molecule has 0 unspecified atom stereocenters. The second-order valence-electron chi connectivity index (χ2n) is 7.33. The Balaban J connectivity index is 1.45. The van der Waals surface area contributed by atoms with Crippen LogP contribution in [0.15, 0.2) is 60.7 Å². The summed E-state index contributed by atoms with van der Waals surface area (Å²) in [6.07, 6.45) is 2.30. The zero-order valence-corrected chi connectivity index (χ0v) is 15.8. The Kier molecular flexibility index (Phi) is 5.21. The van der Waals surface area contributed by atoms with E-state index in [0.717, 1.165) is 29.8 Å². The molecule has 1 fully saturated rings. The molecule has 1 saturated carbocycles. The molecule has 6 heteroatoms. The van der Waals surface area contributed by atoms with Crippen molar-refractivity contribution in [3.05, 3.63) is 77.7 Å². The first-order valence-electron chi connectivity index (χ1n) is 9.47. The Hall–Kier alpha value is -2.99. The third-order valence-electron chi connectivity index (χ3n) is 4.75. The van der Waals surface area contributed by atoms with Gasteiger partial charge in [0.2, 0.25) is 5.91 Å². The highest BCUT2D eigenvalue weighted by atomic mass is 19.1. The maximum absolute atomic E-state index is 13.3. The number of amides is 1. The number of aromatic nitrogens is 2. The van der Waals surface area contributed by atoms with Crippen molar-refractivity contribution in [2.45, 2.75) is 25.3 Å². The maximum Gasteiger partial charge on any atom is 0.239 e. The number of anilines is 1. The number of hydrogen-bond donors (Lipinski definition) is 1. The van der Waals surface area contributed by atoms with E-state index >= 15 is 0 Å². The molecule has 1 N–H and O–H groups in total. The highest BCUT2D eigenvalue weighted by molar-refractivity contribution is 5.91. The number of para-hydroxylation sites is 1. The molecule has 4 rings (SSSR count). The first-order valence-corrected chi connectivity index (χ1v) is 9.47. The summed E-state index contributed by atoms with van der Waals surface area (Å²) in [5, 5.41) is 7.68. The number of hydrogen-bond acceptors (Lipinski definition) is 3. The molecule has 1 aliphatic carbocycles. The molecule has 3 aromatic rings. The molecule has 1 amide bonds. The van der Waals surface area contributed by atoms with Crippen LogP contribution in [0.1, 0.15) is 30.0 Å². The monoisotopic (exact) mass is 378 g/mol. The first-order chi connectivity index (χ1) is 13.6. The quantitative estimate of drug-likeness (QED) is 0.677. The molecule has 0 spiro atoms. The van der Waals surface area contributed by atoms with Gasteiger partial charge in [0.1, 0.15) is 11.6 Å². The fourth-order valence-electron chi connectivity index (χ4n) is 3.26. The zero-order valence-electron chi connectivity index (χ0n) is 15.8. The van der Waals surface area contributed by atoms with Crippen molar-refractivity contribution in [3.8, 4) is 5.69 Å². The van der Waals surface area contributed by atoms with Gasteiger partial charge in [-0.3, -0.25) is 9.69 Å². The highest BCUT2D eigenvalue weighted by Crippen LogP contribution is 2.40. The van der Waals surface area contributed by atoms with E-state index < -0.39 is 0 Å². The van der Waals surface area contributed by atoms with Crippen LogP contribution in [0.5, 0.6) is 0 Å². The van der Waals surface area contributed by atoms with Gasteiger partial charge >= 0.3 is 0 Å². The average Bonchev–Trinajstić information content (AvgIpc) is 3.43. The zero-order chi connectivity index (χ0) is 19.5. The SMILES string of the molecule is CN(CC(=O)Nc1cc(C2CC2)nn1-c1ccccc1)Cc1cccc(F)c1. The van der Waals surface area contributed by atoms with Crippen LogP contribution in [0.2, 0.25) is 0 Å². The van der Waals surface area contributed by atoms with Gasteiger partial charge in [-0.15, -0.1) is 0 Å². The average molecular weight is 378 g/mol. The lowest BCUT2D eigenvalue weighted by Crippen LogP contribution is -2.30. The molecule has 1 aliphatic rings. The van der Waals surface area contributed by atoms with Gasteiger partial charge in [0.25, 0.3) is 0 Å². The van der Waals surface area contributed by atoms with E-state index in [1.54, 1.807) is 10.7 Å². The first kappa shape index (κ1) is 18.4. The van der Waals surface area contributed by atoms with Crippen molar-refractivity contribution in [2.24, 2.45) is 0 Å². The molecule has 5 nitrogen and oxygen atoms in total. The summed E-state index contributed by atoms with van der Waals surface area (Å²) in [7, 11) is 1.84. The van der Waals surface area contributed by atoms with Crippen molar-refractivity contribution >= 4 is 11.7 Å². The standard InChI is InChI=1S/C22H23FN4O/c1-26(14-16-6-5-7-18(23)12-16)15-22(28)24-21-13-20(17-10-11-17)25-27(21)19-8-3-2-4-9-19/h2-9,12-13,17H,10-11,14-15H2,1H3,(H,24,28). The third-order valence-corrected chi connectivity index (χ3v) is 4.75. The molecule has 1 heterocycles. The second kappa shape index (κ2) is 7.94. The number of benzene rings is 2. The van der Waals surface area contributed by atoms with Crippen molar-refractivity contribution in [3.63, 3.8) is 0 Å². The number of carbonyl (C=O) groups excluding carboxylic acids is 1. The molecular weight excluding hydrogens is 355 g/mol. The van der Waals surface area contributed by atoms with E-state index in [-0.39, 0.29) is 18.3 Å². The van der Waals surface area contributed by atoms with Crippen molar-refractivity contribution in [1.82, 2.24) is 14.7 Å². The van der Waals surface area contributed by atoms with Crippen molar-refractivity contribution in [1.29, 1.82) is 0 Å². The van der Waals surface area contributed by atoms with Crippen LogP contribution in [0.4, 0.5) is 10.2 Å². The number of likely N-dealkylation sites (N-methyl/N-ethyl adjacent to an activating group) is 1. The summed E-state index contributed by atoms with van der Waals surface area (Å²) < 4.78 is 15.1. The summed E-state index contributed by atoms with van der Waals surface area (Å²) in [6, 6.07) is 18.2. The van der Waals surface area contributed by atoms with Crippen LogP contribution >= 0.6 is 0 Å². The fraction of sp³-hybridized carbons (Fsp3) is 0.273. The van der Waals surface area contributed by atoms with Gasteiger partial charge in [0.05, 0.1) is 17.9 Å². The normalized spacial score (nSPS) is 13.7. The minimum absolute atomic E-state index is 0.127. The number of halogens is 1. The Labute approximate surface area is 163 Å². The third kappa shape index (κ3) is 4.46. The molecule has 1 aromatic heterocycles. The maximum atomic E-state index is 13.3. The van der Waals surface area contributed by atoms with E-state index in [0.29, 0.717) is 18.3 Å². The Morgan fingerprint density at radius 2 is 1.96 bits per heavy atom. The van der Waals surface area contributed by atoms with Gasteiger partial charge in [0.15, 0.2) is 0 Å². The van der Waals surface area contributed by atoms with Crippen LogP contribution in [-0.4, -0.2) is 34.2 Å². The van der Waals surface area contributed by atoms with Gasteiger partial charge in [-0.25, -0.2) is 9.07 Å². The largest absolute Gasteiger partial charge is 0.309 e. The summed E-state index contributed by atoms with van der Waals surface area (Å²) in [6.45, 7) is 0.700. The molecule has 28 heavy (non-hydrogen) atoms. The van der Waals surface area contributed by atoms with Crippen LogP contribution in [0.25, 0.3) is 5.69 Å². The van der Waals surface area contributed by atoms with E-state index in [1.165, 1.54) is 12.1 Å². The number of rotatable bonds is 7. The molecule has 2 aromatic carbocycles. The number of carbonyl (C=O) groups is 1. The Bertz CT molecular complexity index is 966. The van der Waals surface area contributed by atoms with E-state index in [2.05, 4.69) is 5.32 Å². The summed E-state index contributed by atoms with van der Waals surface area (Å²) in [5.41, 5.74) is 2.77. The molecule has 0 atom stereocenters. The highest BCUT2D eigenvalue weighted by Gasteiger charge is 2.28. The van der Waals surface area contributed by atoms with E-state index in [1.807, 2.05) is 54.4 Å². The van der Waals surface area contributed by atoms with Crippen molar-refractivity contribution in [2.75, 3.05) is 18.9 Å². The summed E-state index contributed by atoms with van der Waals surface area (Å²) >= 11 is 0. The van der Waals surface area contributed by atoms with Crippen LogP contribution in [0.3, 0.4) is 0 Å². The van der Waals surface area contributed by atoms with Gasteiger partial charge in [-0.05, 0) is 49.7 Å². The van der Waals surface area contributed by atoms with Gasteiger partial charge in [-0.2, -0.15) is 5.10 Å². The lowest BCUT2D eigenvalue weighted by Gasteiger charge is -2.16. The van der Waals surface area contributed by atoms with E-state index in [4.69, 9.17) is 5.10 Å². The van der Waals surface area contributed by atoms with E-state index in [9.17, 15) is 9.18 Å². The minimum atomic E-state index is -0.269. The number of nitrogens with one attached hydrogen (secondary N) is 1. The van der Waals surface area contributed by atoms with Crippen LogP contribution < -0.4 is 5.32 Å².